The van der Waals surface area contributed by atoms with Crippen LogP contribution in [0.3, 0.4) is 0 Å². The van der Waals surface area contributed by atoms with E-state index < -0.39 is 0 Å². The van der Waals surface area contributed by atoms with E-state index in [1.54, 1.807) is 24.4 Å². The topological polar surface area (TPSA) is 76.0 Å². The van der Waals surface area contributed by atoms with Crippen LogP contribution in [-0.4, -0.2) is 21.6 Å². The number of amides is 2. The fraction of sp³-hybridized carbons (Fsp3) is 0.190. The lowest BCUT2D eigenvalue weighted by molar-refractivity contribution is -0.116. The molecule has 1 atom stereocenters. The summed E-state index contributed by atoms with van der Waals surface area (Å²) in [5, 5.41) is 10.0. The van der Waals surface area contributed by atoms with Gasteiger partial charge in [-0.15, -0.1) is 0 Å². The van der Waals surface area contributed by atoms with Crippen LogP contribution in [0, 0.1) is 5.82 Å². The summed E-state index contributed by atoms with van der Waals surface area (Å²) in [6, 6.07) is 13.1. The van der Waals surface area contributed by atoms with Crippen LogP contribution in [0.5, 0.6) is 0 Å². The van der Waals surface area contributed by atoms with Crippen molar-refractivity contribution < 1.29 is 14.0 Å². The highest BCUT2D eigenvalue weighted by molar-refractivity contribution is 5.94. The molecule has 0 spiro atoms. The minimum Gasteiger partial charge on any atom is -0.344 e. The number of anilines is 1. The van der Waals surface area contributed by atoms with E-state index in [-0.39, 0.29) is 29.4 Å². The zero-order valence-corrected chi connectivity index (χ0v) is 15.3. The maximum atomic E-state index is 13.4. The minimum atomic E-state index is -0.365. The first-order chi connectivity index (χ1) is 13.5. The van der Waals surface area contributed by atoms with Gasteiger partial charge in [-0.1, -0.05) is 18.2 Å². The van der Waals surface area contributed by atoms with Crippen molar-refractivity contribution in [2.24, 2.45) is 0 Å². The Bertz CT molecular complexity index is 1060. The van der Waals surface area contributed by atoms with Gasteiger partial charge in [-0.3, -0.25) is 9.59 Å². The number of aryl methyl sites for hydroxylation is 1. The van der Waals surface area contributed by atoms with Crippen molar-refractivity contribution in [3.05, 3.63) is 77.4 Å². The molecule has 1 aliphatic heterocycles. The first-order valence-electron chi connectivity index (χ1n) is 9.05. The number of benzene rings is 2. The van der Waals surface area contributed by atoms with Crippen LogP contribution >= 0.6 is 0 Å². The summed E-state index contributed by atoms with van der Waals surface area (Å²) in [5.74, 6) is -0.652. The molecule has 0 saturated heterocycles. The third-order valence-corrected chi connectivity index (χ3v) is 4.77. The molecular weight excluding hydrogens is 359 g/mol. The van der Waals surface area contributed by atoms with E-state index in [1.165, 1.54) is 16.8 Å². The van der Waals surface area contributed by atoms with Gasteiger partial charge < -0.3 is 10.6 Å². The van der Waals surface area contributed by atoms with Gasteiger partial charge in [0.2, 0.25) is 5.91 Å². The van der Waals surface area contributed by atoms with E-state index in [4.69, 9.17) is 0 Å². The Morgan fingerprint density at radius 2 is 2.07 bits per heavy atom. The van der Waals surface area contributed by atoms with Gasteiger partial charge in [-0.05, 0) is 54.8 Å². The van der Waals surface area contributed by atoms with E-state index in [1.807, 2.05) is 25.1 Å². The van der Waals surface area contributed by atoms with Crippen molar-refractivity contribution in [2.75, 3.05) is 5.32 Å². The van der Waals surface area contributed by atoms with E-state index in [0.29, 0.717) is 18.5 Å². The Morgan fingerprint density at radius 3 is 2.89 bits per heavy atom. The number of hydrogen-bond donors (Lipinski definition) is 2. The predicted octanol–water partition coefficient (Wildman–Crippen LogP) is 3.39. The molecule has 4 rings (SSSR count). The van der Waals surface area contributed by atoms with Crippen LogP contribution in [0.1, 0.15) is 41.0 Å². The van der Waals surface area contributed by atoms with Crippen molar-refractivity contribution in [1.29, 1.82) is 0 Å². The predicted molar refractivity (Wildman–Crippen MR) is 103 cm³/mol. The molecule has 0 saturated carbocycles. The molecule has 3 aromatic rings. The molecule has 6 nitrogen and oxygen atoms in total. The molecule has 0 unspecified atom stereocenters. The Kier molecular flexibility index (Phi) is 4.65. The second-order valence-electron chi connectivity index (χ2n) is 6.79. The highest BCUT2D eigenvalue weighted by Gasteiger charge is 2.18. The molecular formula is C21H19FN4O2. The zero-order valence-electron chi connectivity index (χ0n) is 15.3. The molecule has 0 aliphatic carbocycles. The number of halogens is 1. The van der Waals surface area contributed by atoms with Gasteiger partial charge in [-0.2, -0.15) is 5.10 Å². The van der Waals surface area contributed by atoms with Gasteiger partial charge in [0.25, 0.3) is 5.91 Å². The summed E-state index contributed by atoms with van der Waals surface area (Å²) in [7, 11) is 0. The molecule has 2 N–H and O–H groups in total. The van der Waals surface area contributed by atoms with E-state index in [9.17, 15) is 14.0 Å². The van der Waals surface area contributed by atoms with Crippen LogP contribution in [0.25, 0.3) is 5.69 Å². The summed E-state index contributed by atoms with van der Waals surface area (Å²) >= 11 is 0. The number of aromatic nitrogens is 2. The third-order valence-electron chi connectivity index (χ3n) is 4.77. The van der Waals surface area contributed by atoms with Crippen molar-refractivity contribution >= 4 is 17.5 Å². The summed E-state index contributed by atoms with van der Waals surface area (Å²) in [5.41, 5.74) is 3.64. The van der Waals surface area contributed by atoms with E-state index in [2.05, 4.69) is 15.7 Å². The first kappa shape index (κ1) is 17.9. The highest BCUT2D eigenvalue weighted by Crippen LogP contribution is 2.26. The van der Waals surface area contributed by atoms with Gasteiger partial charge in [0.15, 0.2) is 5.69 Å². The Morgan fingerprint density at radius 1 is 1.21 bits per heavy atom. The number of fused-ring (bicyclic) bond motifs is 1. The largest absolute Gasteiger partial charge is 0.344 e. The summed E-state index contributed by atoms with van der Waals surface area (Å²) < 4.78 is 14.8. The molecule has 7 heteroatoms. The lowest BCUT2D eigenvalue weighted by Crippen LogP contribution is -2.27. The first-order valence-corrected chi connectivity index (χ1v) is 9.05. The molecule has 142 valence electrons. The number of rotatable bonds is 4. The number of carbonyl (C=O) groups excluding carboxylic acids is 2. The fourth-order valence-electron chi connectivity index (χ4n) is 3.23. The summed E-state index contributed by atoms with van der Waals surface area (Å²) in [4.78, 5) is 24.0. The number of hydrogen-bond acceptors (Lipinski definition) is 3. The summed E-state index contributed by atoms with van der Waals surface area (Å²) in [6.45, 7) is 1.89. The zero-order chi connectivity index (χ0) is 19.7. The average Bonchev–Trinajstić information content (AvgIpc) is 3.18. The molecule has 1 aromatic heterocycles. The quantitative estimate of drug-likeness (QED) is 0.731. The lowest BCUT2D eigenvalue weighted by Gasteiger charge is -2.20. The number of nitrogens with one attached hydrogen (secondary N) is 2. The van der Waals surface area contributed by atoms with Gasteiger partial charge >= 0.3 is 0 Å². The highest BCUT2D eigenvalue weighted by atomic mass is 19.1. The van der Waals surface area contributed by atoms with Gasteiger partial charge in [0.05, 0.1) is 11.7 Å². The Balaban J connectivity index is 1.47. The monoisotopic (exact) mass is 378 g/mol. The second-order valence-corrected chi connectivity index (χ2v) is 6.79. The van der Waals surface area contributed by atoms with Crippen molar-refractivity contribution in [3.8, 4) is 5.69 Å². The molecule has 0 radical (unpaired) electrons. The van der Waals surface area contributed by atoms with Crippen LogP contribution < -0.4 is 10.6 Å². The normalized spacial score (nSPS) is 14.1. The van der Waals surface area contributed by atoms with Gasteiger partial charge in [0, 0.05) is 18.3 Å². The third kappa shape index (κ3) is 3.64. The van der Waals surface area contributed by atoms with Crippen molar-refractivity contribution in [2.45, 2.75) is 25.8 Å². The molecule has 1 aliphatic rings. The molecule has 2 aromatic carbocycles. The van der Waals surface area contributed by atoms with Crippen molar-refractivity contribution in [3.63, 3.8) is 0 Å². The van der Waals surface area contributed by atoms with Gasteiger partial charge in [0.1, 0.15) is 5.82 Å². The Hall–Kier alpha value is -3.48. The SMILES string of the molecule is C[C@H](NC(=O)c1ccn(-c2cccc(F)c2)n1)c1ccc2c(c1)CCC(=O)N2. The van der Waals surface area contributed by atoms with Crippen LogP contribution in [0.15, 0.2) is 54.7 Å². The van der Waals surface area contributed by atoms with Crippen LogP contribution in [-0.2, 0) is 11.2 Å². The smallest absolute Gasteiger partial charge is 0.272 e. The van der Waals surface area contributed by atoms with Crippen molar-refractivity contribution in [1.82, 2.24) is 15.1 Å². The lowest BCUT2D eigenvalue weighted by atomic mass is 9.98. The van der Waals surface area contributed by atoms with Gasteiger partial charge in [-0.25, -0.2) is 9.07 Å². The maximum absolute atomic E-state index is 13.4. The standard InChI is InChI=1S/C21H19FN4O2/c1-13(14-5-7-18-15(11-14)6-8-20(27)24-18)23-21(28)19-9-10-26(25-19)17-4-2-3-16(22)12-17/h2-5,7,9-13H,6,8H2,1H3,(H,23,28)(H,24,27)/t13-/m0/s1. The number of nitrogens with zero attached hydrogens (tertiary/aromatic N) is 2. The molecule has 0 fully saturated rings. The minimum absolute atomic E-state index is 0.0236. The van der Waals surface area contributed by atoms with Crippen LogP contribution in [0.2, 0.25) is 0 Å². The second kappa shape index (κ2) is 7.26. The fourth-order valence-corrected chi connectivity index (χ4v) is 3.23. The van der Waals surface area contributed by atoms with E-state index in [0.717, 1.165) is 16.8 Å². The maximum Gasteiger partial charge on any atom is 0.272 e. The molecule has 0 bridgehead atoms. The average molecular weight is 378 g/mol. The van der Waals surface area contributed by atoms with Crippen LogP contribution in [0.4, 0.5) is 10.1 Å². The molecule has 2 heterocycles. The summed E-state index contributed by atoms with van der Waals surface area (Å²) in [6.07, 6.45) is 2.78. The molecule has 28 heavy (non-hydrogen) atoms. The number of carbonyl (C=O) groups is 2. The Labute approximate surface area is 161 Å². The molecule has 2 amide bonds. The van der Waals surface area contributed by atoms with E-state index >= 15 is 0 Å².